The van der Waals surface area contributed by atoms with E-state index in [0.29, 0.717) is 6.61 Å². The van der Waals surface area contributed by atoms with Gasteiger partial charge in [0.25, 0.3) is 0 Å². The predicted molar refractivity (Wildman–Crippen MR) is 67.8 cm³/mol. The molecule has 0 aromatic heterocycles. The molecule has 1 aromatic rings. The fourth-order valence-electron chi connectivity index (χ4n) is 1.37. The fraction of sp³-hybridized carbons (Fsp3) is 0.308. The number of carboxylic acid groups (broad SMARTS) is 1. The van der Waals surface area contributed by atoms with Crippen molar-refractivity contribution in [3.8, 4) is 0 Å². The third kappa shape index (κ3) is 4.18. The Bertz CT molecular complexity index is 396. The first kappa shape index (κ1) is 13.1. The van der Waals surface area contributed by atoms with Gasteiger partial charge >= 0.3 is 5.97 Å². The predicted octanol–water partition coefficient (Wildman–Crippen LogP) is 2.58. The van der Waals surface area contributed by atoms with Gasteiger partial charge in [-0.2, -0.15) is 0 Å². The number of anilines is 1. The molecule has 0 aliphatic heterocycles. The van der Waals surface area contributed by atoms with E-state index in [0.717, 1.165) is 17.8 Å². The van der Waals surface area contributed by atoms with E-state index in [2.05, 4.69) is 5.32 Å². The van der Waals surface area contributed by atoms with Crippen molar-refractivity contribution in [3.63, 3.8) is 0 Å². The SMILES string of the molecule is CCNc1ccc(C=C(OCC)C(=O)O)cc1. The van der Waals surface area contributed by atoms with Gasteiger partial charge < -0.3 is 15.2 Å². The Labute approximate surface area is 101 Å². The van der Waals surface area contributed by atoms with Crippen molar-refractivity contribution in [1.29, 1.82) is 0 Å². The summed E-state index contributed by atoms with van der Waals surface area (Å²) in [5.74, 6) is -1.09. The highest BCUT2D eigenvalue weighted by atomic mass is 16.5. The zero-order chi connectivity index (χ0) is 12.7. The lowest BCUT2D eigenvalue weighted by Gasteiger charge is -2.05. The normalized spacial score (nSPS) is 11.1. The number of nitrogens with one attached hydrogen (secondary N) is 1. The van der Waals surface area contributed by atoms with Gasteiger partial charge in [-0.1, -0.05) is 12.1 Å². The zero-order valence-electron chi connectivity index (χ0n) is 10.1. The summed E-state index contributed by atoms with van der Waals surface area (Å²) < 4.78 is 5.03. The number of hydrogen-bond acceptors (Lipinski definition) is 3. The minimum atomic E-state index is -1.05. The number of rotatable bonds is 6. The Morgan fingerprint density at radius 3 is 2.47 bits per heavy atom. The number of benzene rings is 1. The monoisotopic (exact) mass is 235 g/mol. The molecular formula is C13H17NO3. The fourth-order valence-corrected chi connectivity index (χ4v) is 1.37. The van der Waals surface area contributed by atoms with Crippen molar-refractivity contribution in [2.24, 2.45) is 0 Å². The molecule has 0 unspecified atom stereocenters. The quantitative estimate of drug-likeness (QED) is 0.587. The molecule has 0 bridgehead atoms. The van der Waals surface area contributed by atoms with Crippen LogP contribution in [0.5, 0.6) is 0 Å². The molecule has 1 aromatic carbocycles. The van der Waals surface area contributed by atoms with E-state index in [1.54, 1.807) is 6.92 Å². The Morgan fingerprint density at radius 1 is 1.35 bits per heavy atom. The van der Waals surface area contributed by atoms with Gasteiger partial charge in [-0.3, -0.25) is 0 Å². The van der Waals surface area contributed by atoms with Gasteiger partial charge in [0.05, 0.1) is 6.61 Å². The molecule has 0 heterocycles. The van der Waals surface area contributed by atoms with E-state index in [9.17, 15) is 4.79 Å². The van der Waals surface area contributed by atoms with Crippen molar-refractivity contribution < 1.29 is 14.6 Å². The smallest absolute Gasteiger partial charge is 0.371 e. The van der Waals surface area contributed by atoms with Crippen LogP contribution in [-0.2, 0) is 9.53 Å². The van der Waals surface area contributed by atoms with Crippen LogP contribution in [0.1, 0.15) is 19.4 Å². The van der Waals surface area contributed by atoms with Crippen molar-refractivity contribution in [2.45, 2.75) is 13.8 Å². The molecule has 0 fully saturated rings. The maximum Gasteiger partial charge on any atom is 0.371 e. The molecule has 4 nitrogen and oxygen atoms in total. The molecule has 17 heavy (non-hydrogen) atoms. The molecule has 0 aliphatic carbocycles. The molecule has 0 saturated carbocycles. The highest BCUT2D eigenvalue weighted by molar-refractivity contribution is 5.89. The van der Waals surface area contributed by atoms with Crippen LogP contribution in [0.3, 0.4) is 0 Å². The van der Waals surface area contributed by atoms with Crippen molar-refractivity contribution in [3.05, 3.63) is 35.6 Å². The number of hydrogen-bond donors (Lipinski definition) is 2. The van der Waals surface area contributed by atoms with Gasteiger partial charge in [0.15, 0.2) is 0 Å². The standard InChI is InChI=1S/C13H17NO3/c1-3-14-11-7-5-10(6-8-11)9-12(13(15)16)17-4-2/h5-9,14H,3-4H2,1-2H3,(H,15,16). The second-order valence-electron chi connectivity index (χ2n) is 3.40. The second-order valence-corrected chi connectivity index (χ2v) is 3.40. The summed E-state index contributed by atoms with van der Waals surface area (Å²) in [5, 5.41) is 12.1. The highest BCUT2D eigenvalue weighted by Gasteiger charge is 2.07. The summed E-state index contributed by atoms with van der Waals surface area (Å²) in [6.45, 7) is 4.97. The largest absolute Gasteiger partial charge is 0.487 e. The molecule has 0 aliphatic rings. The maximum atomic E-state index is 10.9. The van der Waals surface area contributed by atoms with Crippen LogP contribution < -0.4 is 5.32 Å². The summed E-state index contributed by atoms with van der Waals surface area (Å²) >= 11 is 0. The minimum Gasteiger partial charge on any atom is -0.487 e. The minimum absolute atomic E-state index is 0.0382. The third-order valence-corrected chi connectivity index (χ3v) is 2.10. The molecule has 1 rings (SSSR count). The first-order chi connectivity index (χ1) is 8.17. The number of carboxylic acids is 1. The summed E-state index contributed by atoms with van der Waals surface area (Å²) in [5.41, 5.74) is 1.82. The summed E-state index contributed by atoms with van der Waals surface area (Å²) in [7, 11) is 0. The molecule has 2 N–H and O–H groups in total. The van der Waals surface area contributed by atoms with Gasteiger partial charge in [-0.25, -0.2) is 4.79 Å². The summed E-state index contributed by atoms with van der Waals surface area (Å²) in [6.07, 6.45) is 1.52. The van der Waals surface area contributed by atoms with Crippen molar-refractivity contribution in [2.75, 3.05) is 18.5 Å². The molecule has 0 saturated heterocycles. The molecule has 4 heteroatoms. The van der Waals surface area contributed by atoms with Crippen LogP contribution >= 0.6 is 0 Å². The lowest BCUT2D eigenvalue weighted by molar-refractivity contribution is -0.136. The van der Waals surface area contributed by atoms with Crippen LogP contribution in [0, 0.1) is 0 Å². The lowest BCUT2D eigenvalue weighted by atomic mass is 10.2. The maximum absolute atomic E-state index is 10.9. The molecule has 0 atom stereocenters. The van der Waals surface area contributed by atoms with Crippen molar-refractivity contribution >= 4 is 17.7 Å². The van der Waals surface area contributed by atoms with E-state index >= 15 is 0 Å². The topological polar surface area (TPSA) is 58.6 Å². The van der Waals surface area contributed by atoms with Crippen LogP contribution in [0.15, 0.2) is 30.0 Å². The van der Waals surface area contributed by atoms with E-state index in [4.69, 9.17) is 9.84 Å². The van der Waals surface area contributed by atoms with Crippen LogP contribution in [0.4, 0.5) is 5.69 Å². The Kier molecular flexibility index (Phi) is 5.07. The van der Waals surface area contributed by atoms with Crippen LogP contribution in [-0.4, -0.2) is 24.2 Å². The number of ether oxygens (including phenoxy) is 1. The van der Waals surface area contributed by atoms with E-state index < -0.39 is 5.97 Å². The second kappa shape index (κ2) is 6.58. The first-order valence-corrected chi connectivity index (χ1v) is 5.59. The highest BCUT2D eigenvalue weighted by Crippen LogP contribution is 2.13. The van der Waals surface area contributed by atoms with E-state index in [1.165, 1.54) is 6.08 Å². The number of carbonyl (C=O) groups is 1. The van der Waals surface area contributed by atoms with Gasteiger partial charge in [0.2, 0.25) is 5.76 Å². The Balaban J connectivity index is 2.84. The molecule has 0 amide bonds. The van der Waals surface area contributed by atoms with Gasteiger partial charge in [-0.05, 0) is 37.6 Å². The number of aliphatic carboxylic acids is 1. The Hall–Kier alpha value is -1.97. The van der Waals surface area contributed by atoms with E-state index in [-0.39, 0.29) is 5.76 Å². The first-order valence-electron chi connectivity index (χ1n) is 5.59. The average molecular weight is 235 g/mol. The summed E-state index contributed by atoms with van der Waals surface area (Å²) in [4.78, 5) is 10.9. The van der Waals surface area contributed by atoms with Gasteiger partial charge in [0, 0.05) is 12.2 Å². The zero-order valence-corrected chi connectivity index (χ0v) is 10.1. The van der Waals surface area contributed by atoms with Crippen LogP contribution in [0.25, 0.3) is 6.08 Å². The summed E-state index contributed by atoms with van der Waals surface area (Å²) in [6, 6.07) is 7.50. The lowest BCUT2D eigenvalue weighted by Crippen LogP contribution is -2.04. The molecule has 0 spiro atoms. The van der Waals surface area contributed by atoms with Crippen molar-refractivity contribution in [1.82, 2.24) is 0 Å². The van der Waals surface area contributed by atoms with Crippen LogP contribution in [0.2, 0.25) is 0 Å². The Morgan fingerprint density at radius 2 is 2.00 bits per heavy atom. The molecular weight excluding hydrogens is 218 g/mol. The van der Waals surface area contributed by atoms with E-state index in [1.807, 2.05) is 31.2 Å². The molecule has 92 valence electrons. The van der Waals surface area contributed by atoms with Gasteiger partial charge in [0.1, 0.15) is 0 Å². The van der Waals surface area contributed by atoms with Gasteiger partial charge in [-0.15, -0.1) is 0 Å². The third-order valence-electron chi connectivity index (χ3n) is 2.10. The molecule has 0 radical (unpaired) electrons. The average Bonchev–Trinajstić information content (AvgIpc) is 2.31.